The van der Waals surface area contributed by atoms with E-state index < -0.39 is 12.0 Å². The van der Waals surface area contributed by atoms with Crippen LogP contribution in [-0.4, -0.2) is 23.0 Å². The summed E-state index contributed by atoms with van der Waals surface area (Å²) in [6.07, 6.45) is 11.8. The van der Waals surface area contributed by atoms with Crippen LogP contribution in [0.3, 0.4) is 0 Å². The molecule has 0 spiro atoms. The summed E-state index contributed by atoms with van der Waals surface area (Å²) in [5.41, 5.74) is 0. The minimum absolute atomic E-state index is 0.137. The van der Waals surface area contributed by atoms with E-state index in [2.05, 4.69) is 12.2 Å². The quantitative estimate of drug-likeness (QED) is 0.505. The molecule has 20 heavy (non-hydrogen) atoms. The van der Waals surface area contributed by atoms with Crippen molar-refractivity contribution in [3.63, 3.8) is 0 Å². The van der Waals surface area contributed by atoms with Crippen LogP contribution in [0.2, 0.25) is 0 Å². The standard InChI is InChI=1S/C16H31NO3/c1-3-5-6-7-8-9-10-11-12-13-15(18)17-14(4-2)16(19)20/h14H,3-13H2,1-2H3,(H,17,18)(H,19,20)/t14-/m0/s1. The Morgan fingerprint density at radius 3 is 1.85 bits per heavy atom. The highest BCUT2D eigenvalue weighted by Crippen LogP contribution is 2.10. The van der Waals surface area contributed by atoms with Gasteiger partial charge in [-0.3, -0.25) is 4.79 Å². The lowest BCUT2D eigenvalue weighted by molar-refractivity contribution is -0.141. The first-order chi connectivity index (χ1) is 9.61. The average molecular weight is 285 g/mol. The molecule has 2 N–H and O–H groups in total. The van der Waals surface area contributed by atoms with Crippen LogP contribution in [0.1, 0.15) is 84.5 Å². The largest absolute Gasteiger partial charge is 0.480 e. The fourth-order valence-electron chi connectivity index (χ4n) is 2.20. The Morgan fingerprint density at radius 1 is 0.900 bits per heavy atom. The molecular formula is C16H31NO3. The lowest BCUT2D eigenvalue weighted by Crippen LogP contribution is -2.40. The van der Waals surface area contributed by atoms with Crippen LogP contribution in [0.15, 0.2) is 0 Å². The fraction of sp³-hybridized carbons (Fsp3) is 0.875. The summed E-state index contributed by atoms with van der Waals surface area (Å²) in [4.78, 5) is 22.3. The zero-order valence-electron chi connectivity index (χ0n) is 13.1. The van der Waals surface area contributed by atoms with Gasteiger partial charge in [-0.05, 0) is 12.8 Å². The molecule has 0 saturated heterocycles. The highest BCUT2D eigenvalue weighted by atomic mass is 16.4. The molecule has 4 heteroatoms. The highest BCUT2D eigenvalue weighted by Gasteiger charge is 2.16. The third-order valence-corrected chi connectivity index (χ3v) is 3.55. The molecule has 0 aliphatic carbocycles. The van der Waals surface area contributed by atoms with E-state index in [9.17, 15) is 9.59 Å². The second kappa shape index (κ2) is 12.9. The van der Waals surface area contributed by atoms with E-state index >= 15 is 0 Å². The van der Waals surface area contributed by atoms with Crippen LogP contribution in [-0.2, 0) is 9.59 Å². The van der Waals surface area contributed by atoms with Gasteiger partial charge in [-0.1, -0.05) is 65.2 Å². The van der Waals surface area contributed by atoms with Crippen LogP contribution in [0.5, 0.6) is 0 Å². The van der Waals surface area contributed by atoms with Gasteiger partial charge in [0.15, 0.2) is 0 Å². The minimum Gasteiger partial charge on any atom is -0.480 e. The second-order valence-corrected chi connectivity index (χ2v) is 5.45. The highest BCUT2D eigenvalue weighted by molar-refractivity contribution is 5.83. The SMILES string of the molecule is CCCCCCCCCCCC(=O)N[C@@H](CC)C(=O)O. The Morgan fingerprint density at radius 2 is 1.40 bits per heavy atom. The first-order valence-electron chi connectivity index (χ1n) is 8.14. The van der Waals surface area contributed by atoms with E-state index in [4.69, 9.17) is 5.11 Å². The van der Waals surface area contributed by atoms with Gasteiger partial charge >= 0.3 is 5.97 Å². The smallest absolute Gasteiger partial charge is 0.326 e. The fourth-order valence-corrected chi connectivity index (χ4v) is 2.20. The molecule has 0 rings (SSSR count). The molecule has 1 atom stereocenters. The van der Waals surface area contributed by atoms with Crippen molar-refractivity contribution in [2.75, 3.05) is 0 Å². The van der Waals surface area contributed by atoms with Gasteiger partial charge in [0.25, 0.3) is 0 Å². The number of hydrogen-bond acceptors (Lipinski definition) is 2. The monoisotopic (exact) mass is 285 g/mol. The van der Waals surface area contributed by atoms with E-state index in [-0.39, 0.29) is 5.91 Å². The predicted molar refractivity (Wildman–Crippen MR) is 81.7 cm³/mol. The first-order valence-corrected chi connectivity index (χ1v) is 8.14. The summed E-state index contributed by atoms with van der Waals surface area (Å²) < 4.78 is 0. The van der Waals surface area contributed by atoms with E-state index in [0.29, 0.717) is 12.8 Å². The zero-order chi connectivity index (χ0) is 15.2. The Kier molecular flexibility index (Phi) is 12.3. The molecule has 1 amide bonds. The summed E-state index contributed by atoms with van der Waals surface area (Å²) in [6.45, 7) is 3.98. The van der Waals surface area contributed by atoms with Crippen molar-refractivity contribution in [1.29, 1.82) is 0 Å². The number of carbonyl (C=O) groups excluding carboxylic acids is 1. The van der Waals surface area contributed by atoms with Crippen LogP contribution in [0.25, 0.3) is 0 Å². The van der Waals surface area contributed by atoms with Crippen molar-refractivity contribution in [3.8, 4) is 0 Å². The molecular weight excluding hydrogens is 254 g/mol. The molecule has 4 nitrogen and oxygen atoms in total. The molecule has 0 fully saturated rings. The summed E-state index contributed by atoms with van der Waals surface area (Å²) >= 11 is 0. The van der Waals surface area contributed by atoms with Crippen LogP contribution in [0, 0.1) is 0 Å². The number of nitrogens with one attached hydrogen (secondary N) is 1. The predicted octanol–water partition coefficient (Wildman–Crippen LogP) is 3.89. The normalized spacial score (nSPS) is 12.1. The third kappa shape index (κ3) is 10.8. The molecule has 0 heterocycles. The maximum absolute atomic E-state index is 11.5. The topological polar surface area (TPSA) is 66.4 Å². The number of aliphatic carboxylic acids is 1. The molecule has 0 bridgehead atoms. The van der Waals surface area contributed by atoms with Crippen LogP contribution >= 0.6 is 0 Å². The molecule has 0 aromatic carbocycles. The molecule has 0 aliphatic heterocycles. The van der Waals surface area contributed by atoms with E-state index in [0.717, 1.165) is 12.8 Å². The van der Waals surface area contributed by atoms with Gasteiger partial charge in [0, 0.05) is 6.42 Å². The number of unbranched alkanes of at least 4 members (excludes halogenated alkanes) is 8. The van der Waals surface area contributed by atoms with Crippen molar-refractivity contribution in [2.24, 2.45) is 0 Å². The summed E-state index contributed by atoms with van der Waals surface area (Å²) in [5.74, 6) is -1.09. The summed E-state index contributed by atoms with van der Waals surface area (Å²) in [6, 6.07) is -0.735. The van der Waals surface area contributed by atoms with Gasteiger partial charge in [-0.15, -0.1) is 0 Å². The summed E-state index contributed by atoms with van der Waals surface area (Å²) in [7, 11) is 0. The number of carbonyl (C=O) groups is 2. The Hall–Kier alpha value is -1.06. The third-order valence-electron chi connectivity index (χ3n) is 3.55. The van der Waals surface area contributed by atoms with Crippen LogP contribution < -0.4 is 5.32 Å². The Bertz CT molecular complexity index is 266. The zero-order valence-corrected chi connectivity index (χ0v) is 13.1. The summed E-state index contributed by atoms with van der Waals surface area (Å²) in [5, 5.41) is 11.4. The van der Waals surface area contributed by atoms with Crippen molar-refractivity contribution < 1.29 is 14.7 Å². The van der Waals surface area contributed by atoms with Gasteiger partial charge < -0.3 is 10.4 Å². The number of hydrogen-bond donors (Lipinski definition) is 2. The van der Waals surface area contributed by atoms with Gasteiger partial charge in [-0.25, -0.2) is 4.79 Å². The van der Waals surface area contributed by atoms with Gasteiger partial charge in [0.1, 0.15) is 6.04 Å². The van der Waals surface area contributed by atoms with Crippen molar-refractivity contribution in [1.82, 2.24) is 5.32 Å². The van der Waals surface area contributed by atoms with Gasteiger partial charge in [0.05, 0.1) is 0 Å². The first kappa shape index (κ1) is 18.9. The van der Waals surface area contributed by atoms with E-state index in [1.165, 1.54) is 44.9 Å². The lowest BCUT2D eigenvalue weighted by atomic mass is 10.1. The molecule has 0 aliphatic rings. The second-order valence-electron chi connectivity index (χ2n) is 5.45. The molecule has 0 radical (unpaired) electrons. The van der Waals surface area contributed by atoms with E-state index in [1.807, 2.05) is 0 Å². The molecule has 0 saturated carbocycles. The van der Waals surface area contributed by atoms with Gasteiger partial charge in [0.2, 0.25) is 5.91 Å². The number of carboxylic acids is 1. The van der Waals surface area contributed by atoms with Crippen molar-refractivity contribution in [3.05, 3.63) is 0 Å². The van der Waals surface area contributed by atoms with Gasteiger partial charge in [-0.2, -0.15) is 0 Å². The molecule has 0 aromatic heterocycles. The maximum Gasteiger partial charge on any atom is 0.326 e. The van der Waals surface area contributed by atoms with Crippen molar-refractivity contribution in [2.45, 2.75) is 90.5 Å². The lowest BCUT2D eigenvalue weighted by Gasteiger charge is -2.11. The number of rotatable bonds is 13. The Balaban J connectivity index is 3.41. The molecule has 0 aromatic rings. The Labute approximate surface area is 123 Å². The van der Waals surface area contributed by atoms with E-state index in [1.54, 1.807) is 6.92 Å². The molecule has 118 valence electrons. The maximum atomic E-state index is 11.5. The minimum atomic E-state index is -0.951. The number of carboxylic acid groups (broad SMARTS) is 1. The van der Waals surface area contributed by atoms with Crippen molar-refractivity contribution >= 4 is 11.9 Å². The molecule has 0 unspecified atom stereocenters. The van der Waals surface area contributed by atoms with Crippen LogP contribution in [0.4, 0.5) is 0 Å². The number of amides is 1. The average Bonchev–Trinajstić information content (AvgIpc) is 2.42.